The van der Waals surface area contributed by atoms with Gasteiger partial charge in [-0.1, -0.05) is 54.6 Å². The number of carbonyl (C=O) groups excluding carboxylic acids is 3. The van der Waals surface area contributed by atoms with Gasteiger partial charge in [0.1, 0.15) is 6.61 Å². The van der Waals surface area contributed by atoms with Crippen LogP contribution in [0.5, 0.6) is 0 Å². The van der Waals surface area contributed by atoms with Crippen molar-refractivity contribution >= 4 is 17.9 Å². The summed E-state index contributed by atoms with van der Waals surface area (Å²) in [5, 5.41) is 5.78. The molecule has 2 aromatic carbocycles. The van der Waals surface area contributed by atoms with Crippen molar-refractivity contribution < 1.29 is 19.1 Å². The molecule has 160 valence electrons. The highest BCUT2D eigenvalue weighted by Crippen LogP contribution is 2.06. The van der Waals surface area contributed by atoms with E-state index in [9.17, 15) is 14.4 Å². The molecule has 0 unspecified atom stereocenters. The summed E-state index contributed by atoms with van der Waals surface area (Å²) in [4.78, 5) is 34.3. The van der Waals surface area contributed by atoms with E-state index in [1.54, 1.807) is 0 Å². The van der Waals surface area contributed by atoms with Crippen molar-refractivity contribution in [1.29, 1.82) is 0 Å². The Hall–Kier alpha value is -3.39. The molecule has 0 aromatic heterocycles. The van der Waals surface area contributed by atoms with Gasteiger partial charge < -0.3 is 26.8 Å². The Morgan fingerprint density at radius 3 is 2.20 bits per heavy atom. The van der Waals surface area contributed by atoms with Crippen LogP contribution in [0.4, 0.5) is 4.79 Å². The fourth-order valence-corrected chi connectivity index (χ4v) is 2.83. The van der Waals surface area contributed by atoms with E-state index < -0.39 is 18.0 Å². The van der Waals surface area contributed by atoms with Crippen LogP contribution in [0.1, 0.15) is 29.5 Å². The monoisotopic (exact) mass is 412 g/mol. The van der Waals surface area contributed by atoms with Crippen LogP contribution in [0.3, 0.4) is 0 Å². The van der Waals surface area contributed by atoms with Crippen molar-refractivity contribution in [2.75, 3.05) is 6.54 Å². The van der Waals surface area contributed by atoms with E-state index in [1.165, 1.54) is 0 Å². The van der Waals surface area contributed by atoms with Crippen LogP contribution >= 0.6 is 0 Å². The standard InChI is InChI=1S/C22H28N4O4/c23-20(27)13-16-8-10-17(11-9-16)14-26-19(21(24)28)7-4-12-25-22(29)30-15-18-5-2-1-3-6-18/h1-3,5-6,8-11,19,26H,4,7,12-15H2,(H2,23,27)(H2,24,28)(H,25,29)/t19-/m1/s1. The second-order valence-corrected chi connectivity index (χ2v) is 6.93. The van der Waals surface area contributed by atoms with Gasteiger partial charge in [0.2, 0.25) is 11.8 Å². The number of rotatable bonds is 12. The summed E-state index contributed by atoms with van der Waals surface area (Å²) < 4.78 is 5.14. The summed E-state index contributed by atoms with van der Waals surface area (Å²) in [6, 6.07) is 16.3. The maximum Gasteiger partial charge on any atom is 0.407 e. The molecule has 0 bridgehead atoms. The summed E-state index contributed by atoms with van der Waals surface area (Å²) in [5.74, 6) is -0.834. The minimum absolute atomic E-state index is 0.193. The minimum Gasteiger partial charge on any atom is -0.445 e. The van der Waals surface area contributed by atoms with Gasteiger partial charge in [0.15, 0.2) is 0 Å². The third-order valence-electron chi connectivity index (χ3n) is 4.45. The van der Waals surface area contributed by atoms with Crippen LogP contribution in [0.2, 0.25) is 0 Å². The number of alkyl carbamates (subject to hydrolysis) is 1. The Labute approximate surface area is 176 Å². The lowest BCUT2D eigenvalue weighted by Gasteiger charge is -2.16. The summed E-state index contributed by atoms with van der Waals surface area (Å²) >= 11 is 0. The molecule has 0 saturated heterocycles. The predicted octanol–water partition coefficient (Wildman–Crippen LogP) is 1.36. The van der Waals surface area contributed by atoms with Gasteiger partial charge in [0.05, 0.1) is 12.5 Å². The number of nitrogens with one attached hydrogen (secondary N) is 2. The van der Waals surface area contributed by atoms with E-state index in [0.717, 1.165) is 16.7 Å². The van der Waals surface area contributed by atoms with Crippen LogP contribution in [-0.2, 0) is 33.9 Å². The number of ether oxygens (including phenoxy) is 1. The number of hydrogen-bond donors (Lipinski definition) is 4. The molecule has 0 saturated carbocycles. The Bertz CT molecular complexity index is 825. The molecule has 6 N–H and O–H groups in total. The Morgan fingerprint density at radius 1 is 0.900 bits per heavy atom. The normalized spacial score (nSPS) is 11.5. The number of carbonyl (C=O) groups is 3. The summed E-state index contributed by atoms with van der Waals surface area (Å²) in [6.07, 6.45) is 0.740. The van der Waals surface area contributed by atoms with Gasteiger partial charge in [0.25, 0.3) is 0 Å². The average molecular weight is 412 g/mol. The molecule has 0 heterocycles. The van der Waals surface area contributed by atoms with E-state index in [0.29, 0.717) is 25.9 Å². The van der Waals surface area contributed by atoms with Crippen molar-refractivity contribution in [3.8, 4) is 0 Å². The maximum atomic E-state index is 11.7. The molecule has 0 aliphatic carbocycles. The highest BCUT2D eigenvalue weighted by molar-refractivity contribution is 5.79. The van der Waals surface area contributed by atoms with Crippen molar-refractivity contribution in [3.63, 3.8) is 0 Å². The number of amides is 3. The molecule has 0 radical (unpaired) electrons. The molecule has 0 aliphatic heterocycles. The molecule has 3 amide bonds. The van der Waals surface area contributed by atoms with Crippen LogP contribution in [-0.4, -0.2) is 30.5 Å². The summed E-state index contributed by atoms with van der Waals surface area (Å²) in [6.45, 7) is 1.04. The third-order valence-corrected chi connectivity index (χ3v) is 4.45. The number of hydrogen-bond acceptors (Lipinski definition) is 5. The molecule has 8 nitrogen and oxygen atoms in total. The zero-order valence-corrected chi connectivity index (χ0v) is 16.8. The van der Waals surface area contributed by atoms with E-state index in [2.05, 4.69) is 10.6 Å². The summed E-state index contributed by atoms with van der Waals surface area (Å²) in [7, 11) is 0. The Kier molecular flexibility index (Phi) is 9.33. The fraction of sp³-hybridized carbons (Fsp3) is 0.318. The largest absolute Gasteiger partial charge is 0.445 e. The topological polar surface area (TPSA) is 137 Å². The second kappa shape index (κ2) is 12.2. The quantitative estimate of drug-likeness (QED) is 0.390. The molecule has 8 heteroatoms. The van der Waals surface area contributed by atoms with E-state index in [4.69, 9.17) is 16.2 Å². The number of benzene rings is 2. The molecule has 0 spiro atoms. The van der Waals surface area contributed by atoms with Gasteiger partial charge in [-0.3, -0.25) is 9.59 Å². The van der Waals surface area contributed by atoms with Crippen LogP contribution in [0, 0.1) is 0 Å². The summed E-state index contributed by atoms with van der Waals surface area (Å²) in [5.41, 5.74) is 13.3. The molecule has 1 atom stereocenters. The molecular formula is C22H28N4O4. The molecule has 2 aromatic rings. The highest BCUT2D eigenvalue weighted by atomic mass is 16.5. The lowest BCUT2D eigenvalue weighted by molar-refractivity contribution is -0.120. The SMILES string of the molecule is NC(=O)Cc1ccc(CN[C@H](CCCNC(=O)OCc2ccccc2)C(N)=O)cc1. The fourth-order valence-electron chi connectivity index (χ4n) is 2.83. The molecule has 0 aliphatic rings. The van der Waals surface area contributed by atoms with Gasteiger partial charge in [-0.25, -0.2) is 4.79 Å². The van der Waals surface area contributed by atoms with Crippen molar-refractivity contribution in [3.05, 3.63) is 71.3 Å². The van der Waals surface area contributed by atoms with Crippen LogP contribution in [0.25, 0.3) is 0 Å². The first-order valence-corrected chi connectivity index (χ1v) is 9.77. The average Bonchev–Trinajstić information content (AvgIpc) is 2.73. The van der Waals surface area contributed by atoms with E-state index >= 15 is 0 Å². The van der Waals surface area contributed by atoms with Gasteiger partial charge >= 0.3 is 6.09 Å². The van der Waals surface area contributed by atoms with Gasteiger partial charge in [0, 0.05) is 13.1 Å². The van der Waals surface area contributed by atoms with Crippen LogP contribution < -0.4 is 22.1 Å². The molecular weight excluding hydrogens is 384 g/mol. The Morgan fingerprint density at radius 2 is 1.57 bits per heavy atom. The third kappa shape index (κ3) is 8.74. The highest BCUT2D eigenvalue weighted by Gasteiger charge is 2.14. The first-order valence-electron chi connectivity index (χ1n) is 9.77. The first kappa shape index (κ1) is 22.9. The van der Waals surface area contributed by atoms with E-state index in [-0.39, 0.29) is 18.9 Å². The van der Waals surface area contributed by atoms with Crippen molar-refractivity contribution in [1.82, 2.24) is 10.6 Å². The van der Waals surface area contributed by atoms with Gasteiger partial charge in [-0.2, -0.15) is 0 Å². The molecule has 2 rings (SSSR count). The Balaban J connectivity index is 1.67. The number of primary amides is 2. The first-order chi connectivity index (χ1) is 14.4. The molecule has 30 heavy (non-hydrogen) atoms. The van der Waals surface area contributed by atoms with Gasteiger partial charge in [-0.15, -0.1) is 0 Å². The van der Waals surface area contributed by atoms with Crippen molar-refractivity contribution in [2.45, 2.75) is 38.5 Å². The predicted molar refractivity (Wildman–Crippen MR) is 113 cm³/mol. The smallest absolute Gasteiger partial charge is 0.407 e. The number of nitrogens with two attached hydrogens (primary N) is 2. The lowest BCUT2D eigenvalue weighted by atomic mass is 10.1. The maximum absolute atomic E-state index is 11.7. The zero-order chi connectivity index (χ0) is 21.8. The van der Waals surface area contributed by atoms with Crippen LogP contribution in [0.15, 0.2) is 54.6 Å². The lowest BCUT2D eigenvalue weighted by Crippen LogP contribution is -2.41. The second-order valence-electron chi connectivity index (χ2n) is 6.93. The van der Waals surface area contributed by atoms with Crippen molar-refractivity contribution in [2.24, 2.45) is 11.5 Å². The van der Waals surface area contributed by atoms with Gasteiger partial charge in [-0.05, 0) is 29.5 Å². The minimum atomic E-state index is -0.516. The molecule has 0 fully saturated rings. The zero-order valence-electron chi connectivity index (χ0n) is 16.8. The van der Waals surface area contributed by atoms with E-state index in [1.807, 2.05) is 54.6 Å².